The van der Waals surface area contributed by atoms with Gasteiger partial charge in [-0.1, -0.05) is 12.1 Å². The Morgan fingerprint density at radius 3 is 2.56 bits per heavy atom. The summed E-state index contributed by atoms with van der Waals surface area (Å²) in [5.41, 5.74) is 1.85. The number of rotatable bonds is 6. The van der Waals surface area contributed by atoms with Gasteiger partial charge < -0.3 is 9.84 Å². The third-order valence-corrected chi connectivity index (χ3v) is 4.81. The summed E-state index contributed by atoms with van der Waals surface area (Å²) in [6.07, 6.45) is -2.40. The summed E-state index contributed by atoms with van der Waals surface area (Å²) >= 11 is 1.06. The van der Waals surface area contributed by atoms with E-state index in [4.69, 9.17) is 5.11 Å². The Balaban J connectivity index is 1.63. The Morgan fingerprint density at radius 2 is 1.96 bits per heavy atom. The maximum atomic E-state index is 12.2. The molecule has 0 aliphatic rings. The largest absolute Gasteiger partial charge is 0.573 e. The van der Waals surface area contributed by atoms with Gasteiger partial charge in [-0.25, -0.2) is 9.78 Å². The molecule has 0 amide bonds. The zero-order chi connectivity index (χ0) is 19.6. The summed E-state index contributed by atoms with van der Waals surface area (Å²) in [6.45, 7) is 2.14. The van der Waals surface area contributed by atoms with Crippen molar-refractivity contribution in [2.75, 3.05) is 0 Å². The fourth-order valence-electron chi connectivity index (χ4n) is 2.41. The van der Waals surface area contributed by atoms with Gasteiger partial charge in [-0.15, -0.1) is 24.5 Å². The van der Waals surface area contributed by atoms with Gasteiger partial charge in [0.15, 0.2) is 0 Å². The van der Waals surface area contributed by atoms with Crippen LogP contribution in [0.3, 0.4) is 0 Å². The minimum absolute atomic E-state index is 0.181. The number of aryl methyl sites for hydroxylation is 3. The van der Waals surface area contributed by atoms with E-state index in [1.165, 1.54) is 12.1 Å². The minimum Gasteiger partial charge on any atom is -0.477 e. The molecule has 1 aromatic carbocycles. The van der Waals surface area contributed by atoms with E-state index >= 15 is 0 Å². The van der Waals surface area contributed by atoms with Gasteiger partial charge in [0, 0.05) is 12.7 Å². The Hall–Kier alpha value is -2.88. The predicted octanol–water partition coefficient (Wildman–Crippen LogP) is 4.15. The van der Waals surface area contributed by atoms with Crippen molar-refractivity contribution in [1.29, 1.82) is 0 Å². The van der Waals surface area contributed by atoms with Crippen molar-refractivity contribution >= 4 is 17.3 Å². The van der Waals surface area contributed by atoms with Crippen LogP contribution in [0.2, 0.25) is 0 Å². The molecular formula is C17H14F3N3O3S. The zero-order valence-electron chi connectivity index (χ0n) is 14.0. The molecule has 0 aliphatic carbocycles. The number of thiazole rings is 1. The van der Waals surface area contributed by atoms with Crippen molar-refractivity contribution in [2.45, 2.75) is 26.3 Å². The number of carboxylic acid groups (broad SMARTS) is 1. The lowest BCUT2D eigenvalue weighted by molar-refractivity contribution is -0.274. The molecule has 0 spiro atoms. The first-order valence-corrected chi connectivity index (χ1v) is 8.62. The molecule has 10 heteroatoms. The summed E-state index contributed by atoms with van der Waals surface area (Å²) < 4.78 is 42.0. The lowest BCUT2D eigenvalue weighted by atomic mass is 10.1. The van der Waals surface area contributed by atoms with Crippen LogP contribution in [0.25, 0.3) is 10.7 Å². The second kappa shape index (κ2) is 7.39. The topological polar surface area (TPSA) is 77.2 Å². The van der Waals surface area contributed by atoms with Crippen molar-refractivity contribution < 1.29 is 27.8 Å². The molecule has 0 fully saturated rings. The molecule has 2 aromatic heterocycles. The van der Waals surface area contributed by atoms with Gasteiger partial charge in [0.25, 0.3) is 0 Å². The maximum absolute atomic E-state index is 12.2. The average Bonchev–Trinajstić information content (AvgIpc) is 3.19. The van der Waals surface area contributed by atoms with Crippen molar-refractivity contribution in [1.82, 2.24) is 14.8 Å². The first-order chi connectivity index (χ1) is 12.7. The maximum Gasteiger partial charge on any atom is 0.573 e. The number of carboxylic acids is 1. The van der Waals surface area contributed by atoms with Crippen molar-refractivity contribution in [3.05, 3.63) is 52.7 Å². The third-order valence-electron chi connectivity index (χ3n) is 3.64. The van der Waals surface area contributed by atoms with E-state index in [1.54, 1.807) is 36.0 Å². The predicted molar refractivity (Wildman–Crippen MR) is 91.9 cm³/mol. The number of nitrogens with zero attached hydrogens (tertiary/aromatic N) is 3. The molecule has 0 saturated carbocycles. The second-order valence-corrected chi connectivity index (χ2v) is 6.64. The third kappa shape index (κ3) is 4.85. The summed E-state index contributed by atoms with van der Waals surface area (Å²) in [5.74, 6) is -1.28. The summed E-state index contributed by atoms with van der Waals surface area (Å²) in [7, 11) is 0. The van der Waals surface area contributed by atoms with E-state index < -0.39 is 12.3 Å². The summed E-state index contributed by atoms with van der Waals surface area (Å²) in [6, 6.07) is 7.40. The molecule has 1 N–H and O–H groups in total. The number of hydrogen-bond acceptors (Lipinski definition) is 5. The standard InChI is InChI=1S/C17H14F3N3O3S/c1-10-14(16(24)25)27-15(21-10)13-7-9-23(22-13)8-6-11-2-4-12(5-3-11)26-17(18,19)20/h2-5,7,9H,6,8H2,1H3,(H,24,25). The van der Waals surface area contributed by atoms with Crippen LogP contribution in [0.4, 0.5) is 13.2 Å². The van der Waals surface area contributed by atoms with Crippen LogP contribution in [0.1, 0.15) is 20.9 Å². The lowest BCUT2D eigenvalue weighted by Gasteiger charge is -2.09. The van der Waals surface area contributed by atoms with Crippen molar-refractivity contribution in [3.63, 3.8) is 0 Å². The summed E-state index contributed by atoms with van der Waals surface area (Å²) in [5, 5.41) is 14.0. The van der Waals surface area contributed by atoms with Gasteiger partial charge in [0.05, 0.1) is 5.69 Å². The summed E-state index contributed by atoms with van der Waals surface area (Å²) in [4.78, 5) is 15.5. The van der Waals surface area contributed by atoms with Gasteiger partial charge in [-0.05, 0) is 37.1 Å². The monoisotopic (exact) mass is 397 g/mol. The number of alkyl halides is 3. The molecule has 0 bridgehead atoms. The van der Waals surface area contributed by atoms with Crippen LogP contribution in [-0.4, -0.2) is 32.2 Å². The van der Waals surface area contributed by atoms with Crippen LogP contribution in [0, 0.1) is 6.92 Å². The molecule has 142 valence electrons. The SMILES string of the molecule is Cc1nc(-c2ccn(CCc3ccc(OC(F)(F)F)cc3)n2)sc1C(=O)O. The van der Waals surface area contributed by atoms with Gasteiger partial charge in [0.1, 0.15) is 21.3 Å². The number of hydrogen-bond donors (Lipinski definition) is 1. The highest BCUT2D eigenvalue weighted by molar-refractivity contribution is 7.17. The highest BCUT2D eigenvalue weighted by Crippen LogP contribution is 2.27. The van der Waals surface area contributed by atoms with Crippen molar-refractivity contribution in [3.8, 4) is 16.5 Å². The molecule has 0 saturated heterocycles. The molecule has 0 aliphatic heterocycles. The normalized spacial score (nSPS) is 11.6. The van der Waals surface area contributed by atoms with E-state index in [9.17, 15) is 18.0 Å². The van der Waals surface area contributed by atoms with E-state index in [2.05, 4.69) is 14.8 Å². The molecule has 27 heavy (non-hydrogen) atoms. The molecule has 3 aromatic rings. The van der Waals surface area contributed by atoms with Gasteiger partial charge in [-0.2, -0.15) is 5.10 Å². The Labute approximate surface area is 155 Å². The number of aromatic nitrogens is 3. The molecule has 0 atom stereocenters. The lowest BCUT2D eigenvalue weighted by Crippen LogP contribution is -2.17. The number of ether oxygens (including phenoxy) is 1. The zero-order valence-corrected chi connectivity index (χ0v) is 14.8. The first-order valence-electron chi connectivity index (χ1n) is 7.80. The van der Waals surface area contributed by atoms with Gasteiger partial charge >= 0.3 is 12.3 Å². The van der Waals surface area contributed by atoms with Crippen molar-refractivity contribution in [2.24, 2.45) is 0 Å². The highest BCUT2D eigenvalue weighted by Gasteiger charge is 2.30. The number of benzene rings is 1. The molecule has 0 unspecified atom stereocenters. The van der Waals surface area contributed by atoms with Crippen LogP contribution in [-0.2, 0) is 13.0 Å². The van der Waals surface area contributed by atoms with Crippen LogP contribution >= 0.6 is 11.3 Å². The molecular weight excluding hydrogens is 383 g/mol. The number of aromatic carboxylic acids is 1. The van der Waals surface area contributed by atoms with Crippen LogP contribution in [0.5, 0.6) is 5.75 Å². The van der Waals surface area contributed by atoms with E-state index in [0.717, 1.165) is 16.9 Å². The smallest absolute Gasteiger partial charge is 0.477 e. The highest BCUT2D eigenvalue weighted by atomic mass is 32.1. The van der Waals surface area contributed by atoms with E-state index in [-0.39, 0.29) is 10.6 Å². The minimum atomic E-state index is -4.71. The van der Waals surface area contributed by atoms with Crippen LogP contribution < -0.4 is 4.74 Å². The molecule has 3 rings (SSSR count). The quantitative estimate of drug-likeness (QED) is 0.676. The van der Waals surface area contributed by atoms with E-state index in [0.29, 0.717) is 29.4 Å². The fraction of sp³-hybridized carbons (Fsp3) is 0.235. The average molecular weight is 397 g/mol. The number of carbonyl (C=O) groups is 1. The Kier molecular flexibility index (Phi) is 5.17. The molecule has 6 nitrogen and oxygen atoms in total. The Morgan fingerprint density at radius 1 is 1.26 bits per heavy atom. The fourth-order valence-corrected chi connectivity index (χ4v) is 3.28. The van der Waals surface area contributed by atoms with E-state index in [1.807, 2.05) is 0 Å². The Bertz CT molecular complexity index is 948. The van der Waals surface area contributed by atoms with Crippen LogP contribution in [0.15, 0.2) is 36.5 Å². The van der Waals surface area contributed by atoms with Gasteiger partial charge in [0.2, 0.25) is 0 Å². The molecule has 0 radical (unpaired) electrons. The first kappa shape index (κ1) is 18.9. The second-order valence-electron chi connectivity index (χ2n) is 5.64. The number of halogens is 3. The van der Waals surface area contributed by atoms with Gasteiger partial charge in [-0.3, -0.25) is 4.68 Å². The molecule has 2 heterocycles.